The van der Waals surface area contributed by atoms with Crippen molar-refractivity contribution in [1.29, 1.82) is 0 Å². The number of anilines is 1. The number of hydrogen-bond acceptors (Lipinski definition) is 9. The van der Waals surface area contributed by atoms with Gasteiger partial charge in [0.1, 0.15) is 18.1 Å². The van der Waals surface area contributed by atoms with E-state index in [-0.39, 0.29) is 36.5 Å². The zero-order valence-electron chi connectivity index (χ0n) is 27.9. The van der Waals surface area contributed by atoms with E-state index in [2.05, 4.69) is 23.1 Å². The van der Waals surface area contributed by atoms with Crippen LogP contribution >= 0.6 is 0 Å². The van der Waals surface area contributed by atoms with E-state index in [9.17, 15) is 9.90 Å². The minimum Gasteiger partial charge on any atom is -0.497 e. The highest BCUT2D eigenvalue weighted by molar-refractivity contribution is 5.82. The zero-order chi connectivity index (χ0) is 32.6. The van der Waals surface area contributed by atoms with Crippen LogP contribution in [0.5, 0.6) is 11.5 Å². The Labute approximate surface area is 268 Å². The average Bonchev–Trinajstić information content (AvgIpc) is 3.03. The van der Waals surface area contributed by atoms with E-state index in [1.165, 1.54) is 0 Å². The number of carbonyl (C=O) groups is 1. The van der Waals surface area contributed by atoms with E-state index >= 15 is 0 Å². The number of aliphatic hydroxyl groups is 1. The van der Waals surface area contributed by atoms with Crippen LogP contribution in [0, 0.1) is 5.92 Å². The predicted octanol–water partition coefficient (Wildman–Crippen LogP) is 3.97. The summed E-state index contributed by atoms with van der Waals surface area (Å²) in [4.78, 5) is 18.0. The third-order valence-corrected chi connectivity index (χ3v) is 8.98. The third kappa shape index (κ3) is 9.10. The molecule has 1 saturated heterocycles. The van der Waals surface area contributed by atoms with E-state index in [1.807, 2.05) is 43.0 Å². The number of nitrogens with two attached hydrogens (primary N) is 1. The normalized spacial score (nSPS) is 22.0. The smallest absolute Gasteiger partial charge is 0.240 e. The molecule has 0 saturated carbocycles. The standard InChI is InChI=1S/C35H53N3O7/c1-24(2)33(36)34(39)38-21-32(45-22-25-8-13-31-30(18-25)37(15-17-44-31)14-7-16-41-4)29(26-9-11-28(43-6)12-10-26)19-27(38)20-35(3,40)23-42-5/h8-13,18,24,27,29,32-33,40H,7,14-17,19-23,36H2,1-6H3/t27-,29-,32+,33+,35?/m1/s1. The average molecular weight is 628 g/mol. The Bertz CT molecular complexity index is 1220. The van der Waals surface area contributed by atoms with Gasteiger partial charge in [0.25, 0.3) is 0 Å². The largest absolute Gasteiger partial charge is 0.497 e. The van der Waals surface area contributed by atoms with Gasteiger partial charge in [-0.15, -0.1) is 0 Å². The van der Waals surface area contributed by atoms with Gasteiger partial charge in [-0.3, -0.25) is 4.79 Å². The summed E-state index contributed by atoms with van der Waals surface area (Å²) in [6, 6.07) is 13.4. The first-order valence-corrected chi connectivity index (χ1v) is 16.1. The van der Waals surface area contributed by atoms with Gasteiger partial charge in [0.15, 0.2) is 0 Å². The van der Waals surface area contributed by atoms with Crippen LogP contribution in [0.1, 0.15) is 57.1 Å². The number of amides is 1. The van der Waals surface area contributed by atoms with Crippen LogP contribution in [0.15, 0.2) is 42.5 Å². The number of nitrogens with zero attached hydrogens (tertiary/aromatic N) is 2. The molecule has 2 heterocycles. The monoisotopic (exact) mass is 627 g/mol. The van der Waals surface area contributed by atoms with Crippen molar-refractivity contribution in [3.05, 3.63) is 53.6 Å². The summed E-state index contributed by atoms with van der Waals surface area (Å²) in [5, 5.41) is 11.2. The maximum Gasteiger partial charge on any atom is 0.240 e. The Balaban J connectivity index is 1.62. The highest BCUT2D eigenvalue weighted by Crippen LogP contribution is 2.39. The molecule has 2 aromatic carbocycles. The Morgan fingerprint density at radius 3 is 2.56 bits per heavy atom. The van der Waals surface area contributed by atoms with Gasteiger partial charge >= 0.3 is 0 Å². The molecule has 0 aromatic heterocycles. The molecule has 1 fully saturated rings. The number of piperidine rings is 1. The number of carbonyl (C=O) groups excluding carboxylic acids is 1. The Morgan fingerprint density at radius 2 is 1.89 bits per heavy atom. The third-order valence-electron chi connectivity index (χ3n) is 8.98. The minimum absolute atomic E-state index is 0.0231. The molecule has 0 aliphatic carbocycles. The lowest BCUT2D eigenvalue weighted by atomic mass is 9.79. The Kier molecular flexibility index (Phi) is 12.5. The predicted molar refractivity (Wildman–Crippen MR) is 175 cm³/mol. The van der Waals surface area contributed by atoms with Gasteiger partial charge in [-0.05, 0) is 67.5 Å². The topological polar surface area (TPSA) is 116 Å². The lowest BCUT2D eigenvalue weighted by molar-refractivity contribution is -0.146. The molecular formula is C35H53N3O7. The molecule has 2 aliphatic rings. The lowest BCUT2D eigenvalue weighted by Crippen LogP contribution is -2.59. The fourth-order valence-electron chi connectivity index (χ4n) is 6.47. The summed E-state index contributed by atoms with van der Waals surface area (Å²) in [6.07, 6.45) is 1.61. The maximum atomic E-state index is 13.8. The second kappa shape index (κ2) is 16.1. The number of rotatable bonds is 15. The fourth-order valence-corrected chi connectivity index (χ4v) is 6.47. The van der Waals surface area contributed by atoms with Gasteiger partial charge in [-0.1, -0.05) is 32.0 Å². The summed E-state index contributed by atoms with van der Waals surface area (Å²) in [7, 11) is 4.95. The van der Waals surface area contributed by atoms with Crippen molar-refractivity contribution in [2.24, 2.45) is 11.7 Å². The summed E-state index contributed by atoms with van der Waals surface area (Å²) in [5.74, 6) is 1.48. The fraction of sp³-hybridized carbons (Fsp3) is 0.629. The first-order chi connectivity index (χ1) is 21.6. The maximum absolute atomic E-state index is 13.8. The zero-order valence-corrected chi connectivity index (χ0v) is 27.9. The van der Waals surface area contributed by atoms with Crippen molar-refractivity contribution in [2.45, 2.75) is 76.3 Å². The summed E-state index contributed by atoms with van der Waals surface area (Å²) in [6.45, 7) is 9.64. The van der Waals surface area contributed by atoms with Crippen molar-refractivity contribution in [3.63, 3.8) is 0 Å². The first-order valence-electron chi connectivity index (χ1n) is 16.1. The number of methoxy groups -OCH3 is 3. The molecule has 10 heteroatoms. The van der Waals surface area contributed by atoms with Crippen molar-refractivity contribution in [3.8, 4) is 11.5 Å². The number of benzene rings is 2. The van der Waals surface area contributed by atoms with Crippen molar-refractivity contribution in [1.82, 2.24) is 4.90 Å². The number of likely N-dealkylation sites (tertiary alicyclic amines) is 1. The lowest BCUT2D eigenvalue weighted by Gasteiger charge is -2.47. The molecule has 2 aliphatic heterocycles. The number of ether oxygens (including phenoxy) is 5. The Hall–Kier alpha value is -2.89. The van der Waals surface area contributed by atoms with Crippen LogP contribution in [-0.2, 0) is 25.6 Å². The van der Waals surface area contributed by atoms with Gasteiger partial charge in [0.05, 0.1) is 50.3 Å². The highest BCUT2D eigenvalue weighted by Gasteiger charge is 2.43. The van der Waals surface area contributed by atoms with Gasteiger partial charge in [-0.2, -0.15) is 0 Å². The van der Waals surface area contributed by atoms with Crippen molar-refractivity contribution < 1.29 is 33.6 Å². The molecule has 250 valence electrons. The van der Waals surface area contributed by atoms with Crippen molar-refractivity contribution in [2.75, 3.05) is 65.7 Å². The molecule has 0 spiro atoms. The van der Waals surface area contributed by atoms with E-state index in [0.29, 0.717) is 39.2 Å². The second-order valence-electron chi connectivity index (χ2n) is 13.0. The van der Waals surface area contributed by atoms with Crippen molar-refractivity contribution >= 4 is 11.6 Å². The van der Waals surface area contributed by atoms with E-state index in [1.54, 1.807) is 28.3 Å². The van der Waals surface area contributed by atoms with E-state index < -0.39 is 11.6 Å². The SMILES string of the molecule is COCCCN1CCOc2ccc(CO[C@H]3CN(C(=O)[C@@H](N)C(C)C)[C@@H](CC(C)(O)COC)C[C@@H]3c3ccc(OC)cc3)cc21. The van der Waals surface area contributed by atoms with Crippen LogP contribution in [0.2, 0.25) is 0 Å². The van der Waals surface area contributed by atoms with Gasteiger partial charge in [0, 0.05) is 45.9 Å². The van der Waals surface area contributed by atoms with Crippen LogP contribution in [0.25, 0.3) is 0 Å². The van der Waals surface area contributed by atoms with Crippen LogP contribution in [-0.4, -0.2) is 100 Å². The summed E-state index contributed by atoms with van der Waals surface area (Å²) in [5.41, 5.74) is 8.51. The molecule has 0 radical (unpaired) electrons. The van der Waals surface area contributed by atoms with Crippen LogP contribution in [0.4, 0.5) is 5.69 Å². The molecule has 2 aromatic rings. The van der Waals surface area contributed by atoms with Gasteiger partial charge in [0.2, 0.25) is 5.91 Å². The molecule has 0 bridgehead atoms. The second-order valence-corrected chi connectivity index (χ2v) is 13.0. The van der Waals surface area contributed by atoms with E-state index in [0.717, 1.165) is 47.8 Å². The van der Waals surface area contributed by atoms with Gasteiger partial charge in [-0.25, -0.2) is 0 Å². The van der Waals surface area contributed by atoms with Crippen LogP contribution in [0.3, 0.4) is 0 Å². The summed E-state index contributed by atoms with van der Waals surface area (Å²) < 4.78 is 28.7. The molecule has 3 N–H and O–H groups in total. The van der Waals surface area contributed by atoms with E-state index in [4.69, 9.17) is 29.4 Å². The quantitative estimate of drug-likeness (QED) is 0.283. The molecule has 10 nitrogen and oxygen atoms in total. The van der Waals surface area contributed by atoms with Gasteiger partial charge < -0.3 is 44.3 Å². The number of hydrogen-bond donors (Lipinski definition) is 2. The number of fused-ring (bicyclic) bond motifs is 1. The first kappa shape index (κ1) is 35.0. The molecule has 45 heavy (non-hydrogen) atoms. The molecular weight excluding hydrogens is 574 g/mol. The molecule has 4 rings (SSSR count). The highest BCUT2D eigenvalue weighted by atomic mass is 16.5. The molecule has 5 atom stereocenters. The molecule has 1 unspecified atom stereocenters. The molecule has 1 amide bonds. The Morgan fingerprint density at radius 1 is 1.13 bits per heavy atom. The minimum atomic E-state index is -1.11. The van der Waals surface area contributed by atoms with Crippen LogP contribution < -0.4 is 20.1 Å². The summed E-state index contributed by atoms with van der Waals surface area (Å²) >= 11 is 0.